The Labute approximate surface area is 926 Å². The molecule has 3 fully saturated rings. The number of methoxy groups -OCH3 is 3. The first-order chi connectivity index (χ1) is 66.8. The van der Waals surface area contributed by atoms with Gasteiger partial charge in [-0.3, -0.25) is 56.9 Å². The van der Waals surface area contributed by atoms with Crippen molar-refractivity contribution in [3.8, 4) is 0 Å². The summed E-state index contributed by atoms with van der Waals surface area (Å²) in [5.74, 6) is -5.62. The number of amides is 9. The van der Waals surface area contributed by atoms with Crippen molar-refractivity contribution in [1.82, 2.24) is 60.3 Å². The van der Waals surface area contributed by atoms with Gasteiger partial charge in [0.2, 0.25) is 53.2 Å². The van der Waals surface area contributed by atoms with E-state index in [2.05, 4.69) is 31.9 Å². The number of hydrogen-bond acceptors (Lipinski definition) is 21. The number of para-hydroxylation sites is 3. The number of hydrogen-bond donors (Lipinski definition) is 6. The van der Waals surface area contributed by atoms with E-state index in [0.29, 0.717) is 107 Å². The average molecular weight is 2040 g/mol. The van der Waals surface area contributed by atoms with E-state index in [4.69, 9.17) is 19.7 Å². The van der Waals surface area contributed by atoms with E-state index in [-0.39, 0.29) is 247 Å². The molecule has 33 nitrogen and oxygen atoms in total. The van der Waals surface area contributed by atoms with Crippen LogP contribution in [0, 0.1) is 34.0 Å². The molecule has 788 valence electrons. The molecule has 0 spiro atoms. The van der Waals surface area contributed by atoms with Crippen LogP contribution >= 0.6 is 0 Å². The first-order valence-corrected chi connectivity index (χ1v) is 49.3. The minimum Gasteiger partial charge on any atom is -0.870 e. The molecule has 0 saturated carbocycles. The third kappa shape index (κ3) is 40.4. The molecule has 9 N–H and O–H groups in total. The van der Waals surface area contributed by atoms with Crippen LogP contribution in [0.1, 0.15) is 321 Å². The molecule has 6 heterocycles. The van der Waals surface area contributed by atoms with Gasteiger partial charge in [0.1, 0.15) is 18.1 Å². The topological polar surface area (TPSA) is 470 Å². The summed E-state index contributed by atoms with van der Waals surface area (Å²) in [4.78, 5) is 204. The molecule has 9 rings (SSSR count). The molecule has 0 bridgehead atoms. The SMILES string of the molecule is C.[2H]C[C@@H]1CCC[C@H](CC)N1C(=O)C[C@@H](CC(C)(C)C)C(=O)N[C@H](Cc1cn(C(=O)OC)c2ccc([2H])cc12)C(=O)N[C@@H]([C-]=O)CCCC.[2H]C[C@@H]1CCC[C@H](CC)N1C(=O)C[C@@H](CC(C)(C)C)C(=O)N[C@H](Cc1cn(C(=O)OC)c2ccccc12)C(=O)N[C@@H]([C-]=O)CCCC.[2H]c1ccc2c(c1)c(C[C@@H](NC(=O)[C@@H](CC(=O)N1[C@H](C)CCC[C@@H]1C)CC(C)(C)C)C(=O)N[C@@H]([C-]=O)CCCC)cn2C(=O)OC.[Na+].[Na+].[Na+].[OH-].[OH-].[OH-]. The van der Waals surface area contributed by atoms with Crippen LogP contribution in [0.25, 0.3) is 32.7 Å². The summed E-state index contributed by atoms with van der Waals surface area (Å²) in [6.45, 7) is 32.3. The Bertz CT molecular complexity index is 5220. The third-order valence-corrected chi connectivity index (χ3v) is 26.1. The molecule has 9 amide bonds. The number of nitrogens with zero attached hydrogens (tertiary/aromatic N) is 6. The molecule has 3 saturated heterocycles. The van der Waals surface area contributed by atoms with E-state index in [1.807, 2.05) is 156 Å². The maximum Gasteiger partial charge on any atom is 1.00 e. The largest absolute Gasteiger partial charge is 1.00 e. The summed E-state index contributed by atoms with van der Waals surface area (Å²) in [5, 5.41) is 18.8. The Balaban J connectivity index is 0.00000214. The van der Waals surface area contributed by atoms with E-state index in [0.717, 1.165) is 89.9 Å². The molecule has 0 unspecified atom stereocenters. The van der Waals surface area contributed by atoms with E-state index in [9.17, 15) is 71.9 Å². The summed E-state index contributed by atoms with van der Waals surface area (Å²) in [6.07, 6.45) is 25.0. The fraction of sp³-hybridized carbons (Fsp3) is 0.639. The van der Waals surface area contributed by atoms with Crippen LogP contribution in [0.15, 0.2) is 91.3 Å². The third-order valence-electron chi connectivity index (χ3n) is 26.1. The zero-order valence-electron chi connectivity index (χ0n) is 93.0. The van der Waals surface area contributed by atoms with Crippen molar-refractivity contribution in [2.75, 3.05) is 21.3 Å². The van der Waals surface area contributed by atoms with Gasteiger partial charge in [0, 0.05) is 130 Å². The second-order valence-corrected chi connectivity index (χ2v) is 41.0. The molecule has 3 aliphatic rings. The van der Waals surface area contributed by atoms with Crippen LogP contribution in [0.2, 0.25) is 0 Å². The maximum atomic E-state index is 14.2. The Hall–Kier alpha value is -8.19. The Morgan fingerprint density at radius 2 is 0.667 bits per heavy atom. The number of likely N-dealkylation sites (tertiary alicyclic amines) is 3. The van der Waals surface area contributed by atoms with Crippen LogP contribution in [-0.4, -0.2) is 229 Å². The molecule has 15 atom stereocenters. The Morgan fingerprint density at radius 1 is 0.396 bits per heavy atom. The minimum atomic E-state index is -1.17. The van der Waals surface area contributed by atoms with Crippen molar-refractivity contribution in [1.29, 1.82) is 0 Å². The van der Waals surface area contributed by atoms with Crippen molar-refractivity contribution in [2.45, 2.75) is 391 Å². The standard InChI is InChI=1S/2C36H53N4O6.C35H51N4O6.CH4.3Na.3H2O/c2*1-8-10-15-27(23-41)37-34(44)30(19-26-22-39(35(45)46-7)31-18-12-11-17-29(26)31)38-33(43)25(21-36(4,5)6)20-32(42)40-24(3)14-13-16-28(40)9-2;1-8-9-15-27(22-40)36-33(43)29(18-26-21-38(34(44)45-7)30-17-11-10-16-28(26)30)37-32(42)25(20-35(4,5)6)19-31(41)39-23(2)13-12-14-24(39)3;;;;;;;/h2*11-12,17-18,22,24-25,27-28,30H,8-10,13-16,19-21H2,1-7H3,(H,37,44)(H,38,43);10-11,16-17,21,23-25,27,29H,8-9,12-15,18-20H2,1-7H3,(H,36,43)(H,37,42);1H4;;;;3*1H2/q3*-1;;3*+1;;;/p-3/t2*24-,25+,27-,28+,30-;23-,24+,25-,27+,29+;;;;;;;/m110......./s1/i3D,11D;3D;10D;;;;;;;. The zero-order chi connectivity index (χ0) is 105. The molecule has 144 heavy (non-hydrogen) atoms. The van der Waals surface area contributed by atoms with E-state index in [1.54, 1.807) is 54.7 Å². The summed E-state index contributed by atoms with van der Waals surface area (Å²) in [5.41, 5.74) is 2.35. The zero-order valence-corrected chi connectivity index (χ0v) is 95.0. The number of unbranched alkanes of at least 4 members (excludes halogenated alkanes) is 3. The molecule has 3 aromatic carbocycles. The van der Waals surface area contributed by atoms with Crippen LogP contribution in [0.5, 0.6) is 0 Å². The molecular weight excluding hydrogens is 1870 g/mol. The predicted octanol–water partition coefficient (Wildman–Crippen LogP) is 7.80. The van der Waals surface area contributed by atoms with Gasteiger partial charge in [0.15, 0.2) is 0 Å². The number of ether oxygens (including phenoxy) is 3. The van der Waals surface area contributed by atoms with E-state index < -0.39 is 108 Å². The van der Waals surface area contributed by atoms with Gasteiger partial charge in [-0.15, -0.1) is 0 Å². The van der Waals surface area contributed by atoms with Gasteiger partial charge >= 0.3 is 107 Å². The molecule has 3 aliphatic heterocycles. The minimum absolute atomic E-state index is 0. The number of aromatic nitrogens is 3. The van der Waals surface area contributed by atoms with Gasteiger partial charge in [-0.25, -0.2) is 33.2 Å². The van der Waals surface area contributed by atoms with Crippen molar-refractivity contribution < 1.29 is 197 Å². The molecule has 0 aliphatic carbocycles. The summed E-state index contributed by atoms with van der Waals surface area (Å²) in [6, 6.07) is 11.0. The number of fused-ring (bicyclic) bond motifs is 3. The number of benzene rings is 3. The van der Waals surface area contributed by atoms with Crippen molar-refractivity contribution >= 4 is 123 Å². The molecule has 6 aromatic rings. The second kappa shape index (κ2) is 65.6. The van der Waals surface area contributed by atoms with Crippen molar-refractivity contribution in [3.63, 3.8) is 0 Å². The molecule has 3 aromatic heterocycles. The smallest absolute Gasteiger partial charge is 0.870 e. The first kappa shape index (κ1) is 128. The van der Waals surface area contributed by atoms with Crippen molar-refractivity contribution in [2.24, 2.45) is 34.0 Å². The number of piperidine rings is 3. The summed E-state index contributed by atoms with van der Waals surface area (Å²) < 4.78 is 51.3. The average Bonchev–Trinajstić information content (AvgIpc) is 1.63. The second-order valence-electron chi connectivity index (χ2n) is 41.0. The van der Waals surface area contributed by atoms with Gasteiger partial charge in [0.05, 0.1) is 40.6 Å². The quantitative estimate of drug-likeness (QED) is 0.0121. The number of carbonyl (C=O) groups excluding carboxylic acids is 15. The van der Waals surface area contributed by atoms with Crippen LogP contribution in [-0.2, 0) is 91.0 Å². The fourth-order valence-electron chi connectivity index (χ4n) is 19.3. The molecule has 36 heteroatoms. The Morgan fingerprint density at radius 3 is 0.938 bits per heavy atom. The first-order valence-electron chi connectivity index (χ1n) is 51.8. The van der Waals surface area contributed by atoms with Crippen LogP contribution in [0.4, 0.5) is 14.4 Å². The normalized spacial score (nSPS) is 18.3. The monoisotopic (exact) mass is 2040 g/mol. The van der Waals surface area contributed by atoms with Gasteiger partial charge in [-0.2, -0.15) is 0 Å². The molecular formula is C108H164N12Na3O21-3. The van der Waals surface area contributed by atoms with Gasteiger partial charge < -0.3 is 91.6 Å². The summed E-state index contributed by atoms with van der Waals surface area (Å²) in [7, 11) is 3.80. The fourth-order valence-corrected chi connectivity index (χ4v) is 19.3. The number of rotatable bonds is 41. The Kier molecular flexibility index (Phi) is 58.4. The van der Waals surface area contributed by atoms with Crippen LogP contribution in [0.3, 0.4) is 0 Å². The van der Waals surface area contributed by atoms with E-state index >= 15 is 0 Å². The maximum absolute atomic E-state index is 14.2. The number of carbonyl (C=O) groups is 12. The van der Waals surface area contributed by atoms with Crippen molar-refractivity contribution in [3.05, 3.63) is 108 Å². The van der Waals surface area contributed by atoms with Gasteiger partial charge in [-0.1, -0.05) is 235 Å². The van der Waals surface area contributed by atoms with Gasteiger partial charge in [0.25, 0.3) is 0 Å². The van der Waals surface area contributed by atoms with Crippen LogP contribution < -0.4 is 121 Å². The number of nitrogens with one attached hydrogen (secondary N) is 6. The van der Waals surface area contributed by atoms with Gasteiger partial charge in [-0.05, 0) is 169 Å². The summed E-state index contributed by atoms with van der Waals surface area (Å²) >= 11 is 0. The predicted molar refractivity (Wildman–Crippen MR) is 545 cm³/mol. The molecule has 0 radical (unpaired) electrons. The van der Waals surface area contributed by atoms with E-state index in [1.165, 1.54) is 47.4 Å².